The number of likely N-dealkylation sites (N-methyl/N-ethyl adjacent to an activating group) is 1. The molecule has 0 radical (unpaired) electrons. The van der Waals surface area contributed by atoms with Gasteiger partial charge in [-0.15, -0.1) is 0 Å². The molecular weight excluding hydrogens is 302 g/mol. The summed E-state index contributed by atoms with van der Waals surface area (Å²) in [6.45, 7) is 1.70. The Balaban J connectivity index is 2.06. The normalized spacial score (nSPS) is 16.3. The smallest absolute Gasteiger partial charge is 0.240 e. The van der Waals surface area contributed by atoms with E-state index in [0.717, 1.165) is 18.5 Å². The van der Waals surface area contributed by atoms with Crippen LogP contribution in [-0.4, -0.2) is 53.0 Å². The average Bonchev–Trinajstić information content (AvgIpc) is 2.47. The van der Waals surface area contributed by atoms with Crippen molar-refractivity contribution < 1.29 is 13.2 Å². The molecule has 1 heterocycles. The van der Waals surface area contributed by atoms with E-state index < -0.39 is 10.0 Å². The predicted molar refractivity (Wildman–Crippen MR) is 86.4 cm³/mol. The van der Waals surface area contributed by atoms with Gasteiger partial charge in [-0.1, -0.05) is 0 Å². The number of sulfonamides is 1. The lowest BCUT2D eigenvalue weighted by atomic mass is 10.1. The molecule has 122 valence electrons. The van der Waals surface area contributed by atoms with Crippen molar-refractivity contribution in [1.82, 2.24) is 9.62 Å². The van der Waals surface area contributed by atoms with E-state index in [-0.39, 0.29) is 10.8 Å². The topological polar surface area (TPSA) is 69.7 Å². The minimum Gasteiger partial charge on any atom is -0.312 e. The number of anilines is 1. The highest BCUT2D eigenvalue weighted by Crippen LogP contribution is 2.22. The van der Waals surface area contributed by atoms with Crippen LogP contribution in [0.2, 0.25) is 0 Å². The lowest BCUT2D eigenvalue weighted by Crippen LogP contribution is -2.35. The molecule has 0 unspecified atom stereocenters. The summed E-state index contributed by atoms with van der Waals surface area (Å²) in [5.74, 6) is 0.103. The fourth-order valence-electron chi connectivity index (χ4n) is 2.37. The van der Waals surface area contributed by atoms with E-state index in [2.05, 4.69) is 4.72 Å². The molecule has 1 aromatic carbocycles. The fourth-order valence-corrected chi connectivity index (χ4v) is 3.39. The predicted octanol–water partition coefficient (Wildman–Crippen LogP) is 1.04. The highest BCUT2D eigenvalue weighted by atomic mass is 32.2. The molecule has 0 saturated carbocycles. The molecule has 0 atom stereocenters. The lowest BCUT2D eigenvalue weighted by molar-refractivity contribution is -0.119. The maximum atomic E-state index is 12.2. The Bertz CT molecular complexity index is 611. The number of hydrogen-bond donors (Lipinski definition) is 1. The van der Waals surface area contributed by atoms with Crippen molar-refractivity contribution in [2.45, 2.75) is 24.2 Å². The summed E-state index contributed by atoms with van der Waals surface area (Å²) in [5.41, 5.74) is 0.761. The van der Waals surface area contributed by atoms with Crippen molar-refractivity contribution in [3.05, 3.63) is 24.3 Å². The number of piperidine rings is 1. The number of rotatable bonds is 6. The molecule has 1 aliphatic heterocycles. The summed E-state index contributed by atoms with van der Waals surface area (Å²) in [7, 11) is 0.278. The zero-order valence-corrected chi connectivity index (χ0v) is 13.9. The summed E-state index contributed by atoms with van der Waals surface area (Å²) in [4.78, 5) is 15.7. The Hall–Kier alpha value is -1.44. The molecule has 1 N–H and O–H groups in total. The van der Waals surface area contributed by atoms with Crippen molar-refractivity contribution >= 4 is 21.6 Å². The highest BCUT2D eigenvalue weighted by molar-refractivity contribution is 7.89. The van der Waals surface area contributed by atoms with Crippen molar-refractivity contribution in [2.24, 2.45) is 0 Å². The number of carbonyl (C=O) groups excluding carboxylic acids is 1. The molecular formula is C15H23N3O3S. The first-order valence-electron chi connectivity index (χ1n) is 7.45. The molecule has 0 spiro atoms. The van der Waals surface area contributed by atoms with Crippen molar-refractivity contribution in [3.8, 4) is 0 Å². The summed E-state index contributed by atoms with van der Waals surface area (Å²) >= 11 is 0. The minimum atomic E-state index is -3.50. The summed E-state index contributed by atoms with van der Waals surface area (Å²) in [5, 5.41) is 0. The van der Waals surface area contributed by atoms with E-state index in [1.807, 2.05) is 19.0 Å². The monoisotopic (exact) mass is 325 g/mol. The van der Waals surface area contributed by atoms with Crippen LogP contribution < -0.4 is 9.62 Å². The van der Waals surface area contributed by atoms with Crippen LogP contribution in [0.25, 0.3) is 0 Å². The van der Waals surface area contributed by atoms with Crippen LogP contribution in [0.1, 0.15) is 19.3 Å². The summed E-state index contributed by atoms with van der Waals surface area (Å²) in [6.07, 6.45) is 2.47. The van der Waals surface area contributed by atoms with Gasteiger partial charge in [0.25, 0.3) is 0 Å². The molecule has 22 heavy (non-hydrogen) atoms. The molecule has 1 aromatic rings. The molecule has 6 nitrogen and oxygen atoms in total. The largest absolute Gasteiger partial charge is 0.312 e. The Labute approximate surface area is 132 Å². The fraction of sp³-hybridized carbons (Fsp3) is 0.533. The van der Waals surface area contributed by atoms with E-state index in [4.69, 9.17) is 0 Å². The molecule has 7 heteroatoms. The van der Waals surface area contributed by atoms with Crippen LogP contribution in [0.3, 0.4) is 0 Å². The van der Waals surface area contributed by atoms with Gasteiger partial charge < -0.3 is 9.80 Å². The van der Waals surface area contributed by atoms with Crippen LogP contribution in [-0.2, 0) is 14.8 Å². The molecule has 1 amide bonds. The third-order valence-corrected chi connectivity index (χ3v) is 5.11. The van der Waals surface area contributed by atoms with Crippen molar-refractivity contribution in [1.29, 1.82) is 0 Å². The standard InChI is InChI=1S/C15H23N3O3S/c1-17(2)12-10-16-22(20,21)14-8-6-13(7-9-14)18-11-4-3-5-15(18)19/h6-9,16H,3-5,10-12H2,1-2H3. The van der Waals surface area contributed by atoms with Gasteiger partial charge in [0.2, 0.25) is 15.9 Å². The summed E-state index contributed by atoms with van der Waals surface area (Å²) in [6, 6.07) is 6.50. The molecule has 0 aromatic heterocycles. The van der Waals surface area contributed by atoms with Gasteiger partial charge >= 0.3 is 0 Å². The average molecular weight is 325 g/mol. The number of carbonyl (C=O) groups is 1. The lowest BCUT2D eigenvalue weighted by Gasteiger charge is -2.26. The Morgan fingerprint density at radius 2 is 1.86 bits per heavy atom. The van der Waals surface area contributed by atoms with Gasteiger partial charge in [0, 0.05) is 31.7 Å². The second-order valence-electron chi connectivity index (χ2n) is 5.70. The Kier molecular flexibility index (Phi) is 5.55. The van der Waals surface area contributed by atoms with Crippen LogP contribution >= 0.6 is 0 Å². The molecule has 0 bridgehead atoms. The molecule has 1 fully saturated rings. The van der Waals surface area contributed by atoms with E-state index in [1.54, 1.807) is 29.2 Å². The second-order valence-corrected chi connectivity index (χ2v) is 7.46. The zero-order valence-electron chi connectivity index (χ0n) is 13.1. The first-order valence-corrected chi connectivity index (χ1v) is 8.93. The number of amides is 1. The van der Waals surface area contributed by atoms with Crippen LogP contribution in [0.4, 0.5) is 5.69 Å². The van der Waals surface area contributed by atoms with Gasteiger partial charge in [-0.3, -0.25) is 4.79 Å². The van der Waals surface area contributed by atoms with Crippen LogP contribution in [0.5, 0.6) is 0 Å². The number of nitrogens with zero attached hydrogens (tertiary/aromatic N) is 2. The quantitative estimate of drug-likeness (QED) is 0.848. The Morgan fingerprint density at radius 1 is 1.18 bits per heavy atom. The van der Waals surface area contributed by atoms with Crippen LogP contribution in [0, 0.1) is 0 Å². The van der Waals surface area contributed by atoms with E-state index >= 15 is 0 Å². The Morgan fingerprint density at radius 3 is 2.45 bits per heavy atom. The first-order chi connectivity index (χ1) is 10.4. The van der Waals surface area contributed by atoms with Gasteiger partial charge in [0.1, 0.15) is 0 Å². The number of hydrogen-bond acceptors (Lipinski definition) is 4. The van der Waals surface area contributed by atoms with Gasteiger partial charge in [0.15, 0.2) is 0 Å². The summed E-state index contributed by atoms with van der Waals surface area (Å²) < 4.78 is 26.9. The third-order valence-electron chi connectivity index (χ3n) is 3.63. The van der Waals surface area contributed by atoms with Crippen LogP contribution in [0.15, 0.2) is 29.2 Å². The number of nitrogens with one attached hydrogen (secondary N) is 1. The number of benzene rings is 1. The molecule has 0 aliphatic carbocycles. The van der Waals surface area contributed by atoms with E-state index in [1.165, 1.54) is 0 Å². The third kappa shape index (κ3) is 4.28. The SMILES string of the molecule is CN(C)CCNS(=O)(=O)c1ccc(N2CCCCC2=O)cc1. The molecule has 1 saturated heterocycles. The second kappa shape index (κ2) is 7.21. The van der Waals surface area contributed by atoms with Gasteiger partial charge in [-0.25, -0.2) is 13.1 Å². The maximum absolute atomic E-state index is 12.2. The zero-order chi connectivity index (χ0) is 16.2. The van der Waals surface area contributed by atoms with Gasteiger partial charge in [-0.2, -0.15) is 0 Å². The van der Waals surface area contributed by atoms with Crippen molar-refractivity contribution in [3.63, 3.8) is 0 Å². The molecule has 1 aliphatic rings. The van der Waals surface area contributed by atoms with E-state index in [9.17, 15) is 13.2 Å². The van der Waals surface area contributed by atoms with Gasteiger partial charge in [-0.05, 0) is 51.2 Å². The first kappa shape index (κ1) is 16.9. The van der Waals surface area contributed by atoms with Gasteiger partial charge in [0.05, 0.1) is 4.90 Å². The van der Waals surface area contributed by atoms with Crippen molar-refractivity contribution in [2.75, 3.05) is 38.6 Å². The molecule has 2 rings (SSSR count). The maximum Gasteiger partial charge on any atom is 0.240 e. The van der Waals surface area contributed by atoms with E-state index in [0.29, 0.717) is 26.1 Å². The minimum absolute atomic E-state index is 0.103. The highest BCUT2D eigenvalue weighted by Gasteiger charge is 2.20.